The van der Waals surface area contributed by atoms with Crippen LogP contribution in [-0.4, -0.2) is 30.5 Å². The van der Waals surface area contributed by atoms with Gasteiger partial charge in [0.25, 0.3) is 0 Å². The number of benzene rings is 1. The number of rotatable bonds is 7. The van der Waals surface area contributed by atoms with E-state index in [4.69, 9.17) is 11.6 Å². The lowest BCUT2D eigenvalue weighted by Crippen LogP contribution is -2.30. The van der Waals surface area contributed by atoms with E-state index in [9.17, 15) is 0 Å². The van der Waals surface area contributed by atoms with Gasteiger partial charge in [-0.3, -0.25) is 9.58 Å². The number of hydrogen-bond acceptors (Lipinski definition) is 3. The lowest BCUT2D eigenvalue weighted by molar-refractivity contribution is 0.203. The summed E-state index contributed by atoms with van der Waals surface area (Å²) >= 11 is 6.69. The fraction of sp³-hybridized carbons (Fsp3) is 0.400. The third kappa shape index (κ3) is 4.34. The molecule has 0 unspecified atom stereocenters. The fourth-order valence-corrected chi connectivity index (χ4v) is 3.34. The summed E-state index contributed by atoms with van der Waals surface area (Å²) in [7, 11) is 1.94. The largest absolute Gasteiger partial charge is 0.292 e. The summed E-state index contributed by atoms with van der Waals surface area (Å²) in [6.07, 6.45) is 3.98. The van der Waals surface area contributed by atoms with Gasteiger partial charge in [-0.25, -0.2) is 4.68 Å². The van der Waals surface area contributed by atoms with Crippen LogP contribution in [0.15, 0.2) is 42.7 Å². The molecule has 0 fully saturated rings. The first kappa shape index (κ1) is 18.7. The summed E-state index contributed by atoms with van der Waals surface area (Å²) in [5.74, 6) is 0. The molecular formula is C20H26ClN5. The van der Waals surface area contributed by atoms with Crippen LogP contribution in [0.3, 0.4) is 0 Å². The van der Waals surface area contributed by atoms with E-state index in [-0.39, 0.29) is 0 Å². The van der Waals surface area contributed by atoms with Gasteiger partial charge >= 0.3 is 0 Å². The molecule has 2 aromatic heterocycles. The van der Waals surface area contributed by atoms with E-state index in [1.807, 2.05) is 47.7 Å². The average molecular weight is 372 g/mol. The van der Waals surface area contributed by atoms with E-state index < -0.39 is 0 Å². The van der Waals surface area contributed by atoms with E-state index in [0.29, 0.717) is 12.6 Å². The molecule has 0 saturated carbocycles. The maximum absolute atomic E-state index is 6.69. The number of nitrogens with zero attached hydrogens (tertiary/aromatic N) is 5. The minimum atomic E-state index is 0.392. The Kier molecular flexibility index (Phi) is 5.79. The molecule has 3 rings (SSSR count). The van der Waals surface area contributed by atoms with Gasteiger partial charge < -0.3 is 0 Å². The van der Waals surface area contributed by atoms with Crippen LogP contribution in [0.1, 0.15) is 36.2 Å². The third-order valence-electron chi connectivity index (χ3n) is 4.59. The van der Waals surface area contributed by atoms with E-state index in [1.165, 1.54) is 11.1 Å². The van der Waals surface area contributed by atoms with Crippen LogP contribution in [0.25, 0.3) is 0 Å². The summed E-state index contributed by atoms with van der Waals surface area (Å²) in [6, 6.07) is 10.7. The maximum atomic E-state index is 6.69. The van der Waals surface area contributed by atoms with Crippen LogP contribution < -0.4 is 0 Å². The molecule has 0 N–H and O–H groups in total. The molecule has 5 nitrogen and oxygen atoms in total. The summed E-state index contributed by atoms with van der Waals surface area (Å²) in [6.45, 7) is 8.73. The van der Waals surface area contributed by atoms with Crippen molar-refractivity contribution in [3.05, 3.63) is 70.3 Å². The smallest absolute Gasteiger partial charge is 0.132 e. The van der Waals surface area contributed by atoms with Crippen molar-refractivity contribution in [1.82, 2.24) is 24.5 Å². The van der Waals surface area contributed by atoms with Crippen molar-refractivity contribution >= 4 is 11.6 Å². The quantitative estimate of drug-likeness (QED) is 0.629. The van der Waals surface area contributed by atoms with Gasteiger partial charge in [0.2, 0.25) is 0 Å². The topological polar surface area (TPSA) is 38.9 Å². The normalized spacial score (nSPS) is 11.7. The van der Waals surface area contributed by atoms with E-state index in [2.05, 4.69) is 47.3 Å². The Balaban J connectivity index is 1.79. The molecule has 0 aliphatic rings. The van der Waals surface area contributed by atoms with Crippen molar-refractivity contribution in [3.63, 3.8) is 0 Å². The van der Waals surface area contributed by atoms with Crippen LogP contribution in [-0.2, 0) is 26.7 Å². The van der Waals surface area contributed by atoms with Gasteiger partial charge in [0.05, 0.1) is 18.4 Å². The van der Waals surface area contributed by atoms with Crippen LogP contribution in [0, 0.1) is 6.92 Å². The predicted octanol–water partition coefficient (Wildman–Crippen LogP) is 4.04. The highest BCUT2D eigenvalue weighted by Gasteiger charge is 2.19. The summed E-state index contributed by atoms with van der Waals surface area (Å²) in [5.41, 5.74) is 4.48. The highest BCUT2D eigenvalue weighted by Crippen LogP contribution is 2.24. The molecule has 0 bridgehead atoms. The standard InChI is InChI=1S/C20H26ClN5/c1-15(2)25(12-18-10-22-24(4)11-18)14-19-16(3)23-26(20(19)21)13-17-8-6-5-7-9-17/h5-11,15H,12-14H2,1-4H3. The number of halogens is 1. The SMILES string of the molecule is Cc1nn(Cc2ccccc2)c(Cl)c1CN(Cc1cnn(C)c1)C(C)C. The Hall–Kier alpha value is -2.11. The molecule has 0 aliphatic heterocycles. The molecule has 0 amide bonds. The van der Waals surface area contributed by atoms with Gasteiger partial charge in [-0.1, -0.05) is 41.9 Å². The lowest BCUT2D eigenvalue weighted by Gasteiger charge is -2.26. The Morgan fingerprint density at radius 2 is 1.85 bits per heavy atom. The second-order valence-corrected chi connectivity index (χ2v) is 7.38. The van der Waals surface area contributed by atoms with Gasteiger partial charge in [-0.2, -0.15) is 10.2 Å². The van der Waals surface area contributed by atoms with Gasteiger partial charge in [0, 0.05) is 43.5 Å². The molecule has 0 radical (unpaired) electrons. The van der Waals surface area contributed by atoms with E-state index in [1.54, 1.807) is 0 Å². The van der Waals surface area contributed by atoms with Gasteiger partial charge in [-0.15, -0.1) is 0 Å². The highest BCUT2D eigenvalue weighted by atomic mass is 35.5. The second kappa shape index (κ2) is 8.06. The van der Waals surface area contributed by atoms with Crippen LogP contribution in [0.5, 0.6) is 0 Å². The van der Waals surface area contributed by atoms with Gasteiger partial charge in [0.15, 0.2) is 0 Å². The molecule has 0 saturated heterocycles. The van der Waals surface area contributed by atoms with Crippen molar-refractivity contribution in [2.75, 3.05) is 0 Å². The molecule has 1 aromatic carbocycles. The number of aryl methyl sites for hydroxylation is 2. The zero-order valence-corrected chi connectivity index (χ0v) is 16.6. The fourth-order valence-electron chi connectivity index (χ4n) is 3.04. The Bertz CT molecular complexity index is 850. The van der Waals surface area contributed by atoms with Crippen LogP contribution in [0.4, 0.5) is 0 Å². The molecule has 3 aromatic rings. The minimum Gasteiger partial charge on any atom is -0.292 e. The van der Waals surface area contributed by atoms with Gasteiger partial charge in [0.1, 0.15) is 5.15 Å². The van der Waals surface area contributed by atoms with Crippen molar-refractivity contribution in [3.8, 4) is 0 Å². The van der Waals surface area contributed by atoms with Crippen molar-refractivity contribution in [2.24, 2.45) is 7.05 Å². The predicted molar refractivity (Wildman–Crippen MR) is 105 cm³/mol. The molecule has 0 atom stereocenters. The Labute approximate surface area is 160 Å². The zero-order valence-electron chi connectivity index (χ0n) is 15.9. The van der Waals surface area contributed by atoms with E-state index in [0.717, 1.165) is 29.5 Å². The molecule has 26 heavy (non-hydrogen) atoms. The lowest BCUT2D eigenvalue weighted by atomic mass is 10.2. The van der Waals surface area contributed by atoms with Crippen LogP contribution in [0.2, 0.25) is 5.15 Å². The number of hydrogen-bond donors (Lipinski definition) is 0. The molecule has 138 valence electrons. The van der Waals surface area contributed by atoms with E-state index >= 15 is 0 Å². The maximum Gasteiger partial charge on any atom is 0.132 e. The monoisotopic (exact) mass is 371 g/mol. The highest BCUT2D eigenvalue weighted by molar-refractivity contribution is 6.30. The number of aromatic nitrogens is 4. The Morgan fingerprint density at radius 3 is 2.46 bits per heavy atom. The third-order valence-corrected chi connectivity index (χ3v) is 5.02. The summed E-state index contributed by atoms with van der Waals surface area (Å²) in [5, 5.41) is 9.67. The Morgan fingerprint density at radius 1 is 1.12 bits per heavy atom. The molecular weight excluding hydrogens is 346 g/mol. The average Bonchev–Trinajstić information content (AvgIpc) is 3.13. The first-order chi connectivity index (χ1) is 12.4. The molecule has 0 aliphatic carbocycles. The second-order valence-electron chi connectivity index (χ2n) is 7.02. The molecule has 6 heteroatoms. The first-order valence-electron chi connectivity index (χ1n) is 8.91. The zero-order chi connectivity index (χ0) is 18.7. The van der Waals surface area contributed by atoms with Crippen LogP contribution >= 0.6 is 11.6 Å². The minimum absolute atomic E-state index is 0.392. The molecule has 2 heterocycles. The first-order valence-corrected chi connectivity index (χ1v) is 9.29. The molecule has 0 spiro atoms. The summed E-state index contributed by atoms with van der Waals surface area (Å²) in [4.78, 5) is 2.39. The van der Waals surface area contributed by atoms with Crippen molar-refractivity contribution in [1.29, 1.82) is 0 Å². The van der Waals surface area contributed by atoms with Crippen molar-refractivity contribution < 1.29 is 0 Å². The van der Waals surface area contributed by atoms with Crippen molar-refractivity contribution in [2.45, 2.75) is 46.4 Å². The van der Waals surface area contributed by atoms with Gasteiger partial charge in [-0.05, 0) is 26.3 Å². The summed E-state index contributed by atoms with van der Waals surface area (Å²) < 4.78 is 3.73.